The van der Waals surface area contributed by atoms with E-state index in [1.54, 1.807) is 10.9 Å². The van der Waals surface area contributed by atoms with Crippen molar-refractivity contribution in [2.75, 3.05) is 13.2 Å². The van der Waals surface area contributed by atoms with Gasteiger partial charge in [0.2, 0.25) is 0 Å². The Hall–Kier alpha value is -2.01. The Morgan fingerprint density at radius 3 is 2.75 bits per heavy atom. The Labute approximate surface area is 168 Å². The third-order valence-corrected chi connectivity index (χ3v) is 6.16. The number of hydrogen-bond donors (Lipinski definition) is 0. The van der Waals surface area contributed by atoms with Gasteiger partial charge in [0.05, 0.1) is 26.0 Å². The van der Waals surface area contributed by atoms with E-state index in [1.165, 1.54) is 12.8 Å². The Balaban J connectivity index is 1.46. The number of ether oxygens (including phenoxy) is 2. The molecule has 4 rings (SSSR count). The van der Waals surface area contributed by atoms with Crippen LogP contribution in [0.2, 0.25) is 0 Å². The van der Waals surface area contributed by atoms with Crippen molar-refractivity contribution in [3.05, 3.63) is 35.5 Å². The molecule has 0 radical (unpaired) electrons. The number of hydrogen-bond acceptors (Lipinski definition) is 5. The minimum absolute atomic E-state index is 0.0243. The molecule has 0 N–H and O–H groups in total. The van der Waals surface area contributed by atoms with E-state index in [2.05, 4.69) is 36.0 Å². The molecule has 0 amide bonds. The van der Waals surface area contributed by atoms with Crippen LogP contribution < -0.4 is 0 Å². The van der Waals surface area contributed by atoms with E-state index in [0.717, 1.165) is 16.0 Å². The van der Waals surface area contributed by atoms with Crippen molar-refractivity contribution in [1.82, 2.24) is 15.0 Å². The summed E-state index contributed by atoms with van der Waals surface area (Å²) in [5.74, 6) is 6.96. The van der Waals surface area contributed by atoms with Crippen molar-refractivity contribution in [1.29, 1.82) is 0 Å². The topological polar surface area (TPSA) is 66.2 Å². The molecule has 28 heavy (non-hydrogen) atoms. The second kappa shape index (κ2) is 7.78. The molecule has 2 heterocycles. The third-order valence-electron chi connectivity index (χ3n) is 4.75. The lowest BCUT2D eigenvalue weighted by Gasteiger charge is -2.34. The van der Waals surface area contributed by atoms with Gasteiger partial charge in [0.25, 0.3) is 0 Å². The highest BCUT2D eigenvalue weighted by Gasteiger charge is 2.29. The summed E-state index contributed by atoms with van der Waals surface area (Å²) in [6.45, 7) is 7.85. The molecule has 2 aromatic rings. The maximum Gasteiger partial charge on any atom is 0.177 e. The fourth-order valence-corrected chi connectivity index (χ4v) is 3.99. The molecule has 2 aliphatic rings. The number of aromatic nitrogens is 3. The van der Waals surface area contributed by atoms with Crippen LogP contribution in [0.3, 0.4) is 0 Å². The fourth-order valence-electron chi connectivity index (χ4n) is 2.84. The van der Waals surface area contributed by atoms with Crippen molar-refractivity contribution in [2.24, 2.45) is 11.3 Å². The smallest absolute Gasteiger partial charge is 0.177 e. The van der Waals surface area contributed by atoms with Gasteiger partial charge < -0.3 is 9.47 Å². The molecule has 1 saturated carbocycles. The Morgan fingerprint density at radius 2 is 2.04 bits per heavy atom. The first-order chi connectivity index (χ1) is 13.4. The first kappa shape index (κ1) is 19.3. The highest BCUT2D eigenvalue weighted by Crippen LogP contribution is 2.28. The zero-order valence-electron chi connectivity index (χ0n) is 16.5. The molecule has 1 aromatic carbocycles. The van der Waals surface area contributed by atoms with Gasteiger partial charge in [0, 0.05) is 21.8 Å². The molecule has 1 aliphatic heterocycles. The summed E-state index contributed by atoms with van der Waals surface area (Å²) in [4.78, 5) is 0.724. The van der Waals surface area contributed by atoms with E-state index >= 15 is 0 Å². The monoisotopic (exact) mass is 399 g/mol. The summed E-state index contributed by atoms with van der Waals surface area (Å²) in [5, 5.41) is 8.63. The quantitative estimate of drug-likeness (QED) is 0.740. The summed E-state index contributed by atoms with van der Waals surface area (Å²) in [6.07, 6.45) is 3.71. The first-order valence-corrected chi connectivity index (χ1v) is 10.7. The zero-order valence-corrected chi connectivity index (χ0v) is 17.3. The molecule has 1 aliphatic carbocycles. The largest absolute Gasteiger partial charge is 0.350 e. The van der Waals surface area contributed by atoms with E-state index in [1.807, 2.05) is 25.1 Å². The number of benzene rings is 1. The van der Waals surface area contributed by atoms with Gasteiger partial charge in [-0.3, -0.25) is 0 Å². The fraction of sp³-hybridized carbons (Fsp3) is 0.524. The molecule has 7 heteroatoms. The molecule has 6 nitrogen and oxygen atoms in total. The van der Waals surface area contributed by atoms with Crippen molar-refractivity contribution in [2.45, 2.75) is 56.4 Å². The van der Waals surface area contributed by atoms with Crippen molar-refractivity contribution in [3.63, 3.8) is 0 Å². The second-order valence-corrected chi connectivity index (χ2v) is 9.68. The van der Waals surface area contributed by atoms with E-state index in [0.29, 0.717) is 30.7 Å². The molecule has 2 fully saturated rings. The summed E-state index contributed by atoms with van der Waals surface area (Å²) >= 11 is 0. The van der Waals surface area contributed by atoms with Crippen molar-refractivity contribution in [3.8, 4) is 11.8 Å². The third kappa shape index (κ3) is 4.69. The van der Waals surface area contributed by atoms with Crippen LogP contribution >= 0.6 is 0 Å². The predicted molar refractivity (Wildman–Crippen MR) is 105 cm³/mol. The van der Waals surface area contributed by atoms with Gasteiger partial charge in [-0.15, -0.1) is 5.10 Å². The highest BCUT2D eigenvalue weighted by atomic mass is 32.2. The predicted octanol–water partition coefficient (Wildman–Crippen LogP) is 2.91. The molecule has 0 spiro atoms. The van der Waals surface area contributed by atoms with Crippen LogP contribution in [0.1, 0.15) is 37.8 Å². The van der Waals surface area contributed by atoms with Crippen molar-refractivity contribution >= 4 is 10.8 Å². The molecular formula is C21H25N3O3S. The van der Waals surface area contributed by atoms with Crippen LogP contribution in [0.25, 0.3) is 0 Å². The summed E-state index contributed by atoms with van der Waals surface area (Å²) in [7, 11) is -1.41. The van der Waals surface area contributed by atoms with Gasteiger partial charge in [-0.1, -0.05) is 37.0 Å². The summed E-state index contributed by atoms with van der Waals surface area (Å²) < 4.78 is 26.1. The van der Waals surface area contributed by atoms with Gasteiger partial charge in [-0.05, 0) is 37.5 Å². The SMILES string of the molecule is Cc1ccc(C#CC2CC2)cc1[S@@](=O)c1cn(CC2OCC(C)(C)CO2)nn1. The standard InChI is InChI=1S/C21H25N3O3S/c1-15-4-5-17(9-8-16-6-7-16)10-18(15)28(25)19-11-24(23-22-19)12-20-26-13-21(2,3)14-27-20/h4-5,10-11,16,20H,6-7,12-14H2,1-3H3/t28-/m1/s1. The minimum Gasteiger partial charge on any atom is -0.350 e. The van der Waals surface area contributed by atoms with E-state index in [4.69, 9.17) is 9.47 Å². The number of nitrogens with zero attached hydrogens (tertiary/aromatic N) is 3. The Bertz CT molecular complexity index is 943. The molecule has 0 bridgehead atoms. The van der Waals surface area contributed by atoms with E-state index in [-0.39, 0.29) is 11.7 Å². The molecule has 0 unspecified atom stereocenters. The lowest BCUT2D eigenvalue weighted by molar-refractivity contribution is -0.227. The molecule has 1 atom stereocenters. The second-order valence-electron chi connectivity index (χ2n) is 8.29. The van der Waals surface area contributed by atoms with Gasteiger partial charge in [-0.25, -0.2) is 8.89 Å². The van der Waals surface area contributed by atoms with E-state index < -0.39 is 10.8 Å². The lowest BCUT2D eigenvalue weighted by atomic mass is 9.96. The minimum atomic E-state index is -1.41. The van der Waals surface area contributed by atoms with Crippen LogP contribution in [-0.4, -0.2) is 38.7 Å². The van der Waals surface area contributed by atoms with Crippen molar-refractivity contribution < 1.29 is 13.7 Å². The van der Waals surface area contributed by atoms with Crippen LogP contribution in [0.4, 0.5) is 0 Å². The molecule has 1 aromatic heterocycles. The normalized spacial score (nSPS) is 20.4. The van der Waals surface area contributed by atoms with Crippen LogP contribution in [0.5, 0.6) is 0 Å². The zero-order chi connectivity index (χ0) is 19.7. The lowest BCUT2D eigenvalue weighted by Crippen LogP contribution is -2.39. The van der Waals surface area contributed by atoms with Gasteiger partial charge in [-0.2, -0.15) is 0 Å². The average molecular weight is 400 g/mol. The van der Waals surface area contributed by atoms with Crippen LogP contribution in [0.15, 0.2) is 34.3 Å². The molecular weight excluding hydrogens is 374 g/mol. The van der Waals surface area contributed by atoms with Gasteiger partial charge in [0.1, 0.15) is 10.8 Å². The van der Waals surface area contributed by atoms with Gasteiger partial charge >= 0.3 is 0 Å². The van der Waals surface area contributed by atoms with Crippen LogP contribution in [-0.2, 0) is 26.8 Å². The Morgan fingerprint density at radius 1 is 1.29 bits per heavy atom. The Kier molecular flexibility index (Phi) is 5.37. The number of aryl methyl sites for hydroxylation is 1. The summed E-state index contributed by atoms with van der Waals surface area (Å²) in [6, 6.07) is 5.83. The summed E-state index contributed by atoms with van der Waals surface area (Å²) in [5.41, 5.74) is 1.86. The van der Waals surface area contributed by atoms with Crippen LogP contribution in [0, 0.1) is 30.1 Å². The average Bonchev–Trinajstić information content (AvgIpc) is 3.39. The van der Waals surface area contributed by atoms with Gasteiger partial charge in [0.15, 0.2) is 11.3 Å². The van der Waals surface area contributed by atoms with E-state index in [9.17, 15) is 4.21 Å². The number of rotatable bonds is 4. The molecule has 148 valence electrons. The highest BCUT2D eigenvalue weighted by molar-refractivity contribution is 7.85. The molecule has 1 saturated heterocycles. The first-order valence-electron chi connectivity index (χ1n) is 9.57. The maximum absolute atomic E-state index is 13.0. The maximum atomic E-state index is 13.0.